The summed E-state index contributed by atoms with van der Waals surface area (Å²) in [6.45, 7) is 0. The van der Waals surface area contributed by atoms with E-state index >= 15 is 0 Å². The molecule has 1 aliphatic carbocycles. The Morgan fingerprint density at radius 2 is 2.31 bits per heavy atom. The van der Waals surface area contributed by atoms with Gasteiger partial charge in [0.05, 0.1) is 11.1 Å². The normalized spacial score (nSPS) is 23.2. The SMILES string of the molecule is CS(=O)(=O)CCCC1=CC(Cl)CC1. The summed E-state index contributed by atoms with van der Waals surface area (Å²) in [6.07, 6.45) is 7.00. The van der Waals surface area contributed by atoms with E-state index in [4.69, 9.17) is 11.6 Å². The van der Waals surface area contributed by atoms with Crippen LogP contribution in [0.15, 0.2) is 11.6 Å². The minimum absolute atomic E-state index is 0.174. The van der Waals surface area contributed by atoms with Gasteiger partial charge in [-0.15, -0.1) is 11.6 Å². The molecule has 0 aromatic carbocycles. The Kier molecular flexibility index (Phi) is 3.80. The molecule has 0 radical (unpaired) electrons. The molecule has 0 saturated heterocycles. The van der Waals surface area contributed by atoms with Crippen molar-refractivity contribution in [1.82, 2.24) is 0 Å². The molecule has 0 aliphatic heterocycles. The third kappa shape index (κ3) is 4.67. The highest BCUT2D eigenvalue weighted by molar-refractivity contribution is 7.90. The smallest absolute Gasteiger partial charge is 0.147 e. The number of rotatable bonds is 4. The van der Waals surface area contributed by atoms with Crippen molar-refractivity contribution in [2.24, 2.45) is 0 Å². The minimum Gasteiger partial charge on any atom is -0.229 e. The van der Waals surface area contributed by atoms with E-state index < -0.39 is 9.84 Å². The average molecular weight is 223 g/mol. The molecule has 1 atom stereocenters. The highest BCUT2D eigenvalue weighted by atomic mass is 35.5. The number of halogens is 1. The van der Waals surface area contributed by atoms with Gasteiger partial charge < -0.3 is 0 Å². The van der Waals surface area contributed by atoms with Crippen LogP contribution in [0.1, 0.15) is 25.7 Å². The zero-order valence-electron chi connectivity index (χ0n) is 7.79. The van der Waals surface area contributed by atoms with Crippen molar-refractivity contribution in [3.05, 3.63) is 11.6 Å². The number of hydrogen-bond donors (Lipinski definition) is 0. The van der Waals surface area contributed by atoms with Crippen LogP contribution < -0.4 is 0 Å². The molecule has 0 saturated carbocycles. The van der Waals surface area contributed by atoms with Crippen LogP contribution in [0.3, 0.4) is 0 Å². The van der Waals surface area contributed by atoms with Crippen LogP contribution in [0, 0.1) is 0 Å². The van der Waals surface area contributed by atoms with Gasteiger partial charge >= 0.3 is 0 Å². The van der Waals surface area contributed by atoms with E-state index in [1.807, 2.05) is 0 Å². The van der Waals surface area contributed by atoms with Gasteiger partial charge in [-0.3, -0.25) is 0 Å². The van der Waals surface area contributed by atoms with Crippen molar-refractivity contribution >= 4 is 21.4 Å². The van der Waals surface area contributed by atoms with Crippen molar-refractivity contribution in [3.63, 3.8) is 0 Å². The molecule has 0 fully saturated rings. The van der Waals surface area contributed by atoms with E-state index in [1.54, 1.807) is 0 Å². The molecule has 0 aromatic rings. The van der Waals surface area contributed by atoms with Crippen molar-refractivity contribution in [2.45, 2.75) is 31.1 Å². The Balaban J connectivity index is 2.24. The molecule has 4 heteroatoms. The molecule has 13 heavy (non-hydrogen) atoms. The van der Waals surface area contributed by atoms with Gasteiger partial charge in [-0.25, -0.2) is 8.42 Å². The fourth-order valence-electron chi connectivity index (χ4n) is 1.52. The Morgan fingerprint density at radius 1 is 1.62 bits per heavy atom. The second-order valence-electron chi connectivity index (χ2n) is 3.61. The summed E-state index contributed by atoms with van der Waals surface area (Å²) in [5.41, 5.74) is 1.32. The Hall–Kier alpha value is -0.0200. The lowest BCUT2D eigenvalue weighted by molar-refractivity contribution is 0.599. The summed E-state index contributed by atoms with van der Waals surface area (Å²) in [6, 6.07) is 0. The van der Waals surface area contributed by atoms with Gasteiger partial charge in [0, 0.05) is 6.26 Å². The van der Waals surface area contributed by atoms with E-state index in [2.05, 4.69) is 6.08 Å². The van der Waals surface area contributed by atoms with Gasteiger partial charge in [0.15, 0.2) is 0 Å². The van der Waals surface area contributed by atoms with Gasteiger partial charge in [-0.1, -0.05) is 11.6 Å². The number of allylic oxidation sites excluding steroid dienone is 2. The number of alkyl halides is 1. The molecule has 1 unspecified atom stereocenters. The molecule has 0 spiro atoms. The van der Waals surface area contributed by atoms with Crippen LogP contribution in [0.5, 0.6) is 0 Å². The monoisotopic (exact) mass is 222 g/mol. The molecule has 1 rings (SSSR count). The standard InChI is InChI=1S/C9H15ClO2S/c1-13(11,12)6-2-3-8-4-5-9(10)7-8/h7,9H,2-6H2,1H3. The maximum Gasteiger partial charge on any atom is 0.147 e. The number of hydrogen-bond acceptors (Lipinski definition) is 2. The number of sulfone groups is 1. The second-order valence-corrected chi connectivity index (χ2v) is 6.43. The van der Waals surface area contributed by atoms with Crippen LogP contribution in [0.25, 0.3) is 0 Å². The van der Waals surface area contributed by atoms with E-state index in [0.29, 0.717) is 0 Å². The zero-order valence-corrected chi connectivity index (χ0v) is 9.37. The molecule has 0 amide bonds. The molecular formula is C9H15ClO2S. The molecule has 1 aliphatic rings. The predicted octanol–water partition coefficient (Wildman–Crippen LogP) is 2.14. The minimum atomic E-state index is -2.79. The lowest BCUT2D eigenvalue weighted by Gasteiger charge is -1.99. The molecular weight excluding hydrogens is 208 g/mol. The zero-order chi connectivity index (χ0) is 9.90. The van der Waals surface area contributed by atoms with Crippen molar-refractivity contribution in [3.8, 4) is 0 Å². The summed E-state index contributed by atoms with van der Waals surface area (Å²) in [4.78, 5) is 0. The van der Waals surface area contributed by atoms with Gasteiger partial charge in [0.2, 0.25) is 0 Å². The second kappa shape index (κ2) is 4.47. The molecule has 0 heterocycles. The quantitative estimate of drug-likeness (QED) is 0.540. The molecule has 76 valence electrons. The lowest BCUT2D eigenvalue weighted by Crippen LogP contribution is -2.02. The summed E-state index contributed by atoms with van der Waals surface area (Å²) < 4.78 is 21.6. The fraction of sp³-hybridized carbons (Fsp3) is 0.778. The Morgan fingerprint density at radius 3 is 2.77 bits per heavy atom. The van der Waals surface area contributed by atoms with E-state index in [0.717, 1.165) is 25.7 Å². The van der Waals surface area contributed by atoms with E-state index in [1.165, 1.54) is 11.8 Å². The van der Waals surface area contributed by atoms with Crippen LogP contribution in [0.2, 0.25) is 0 Å². The first kappa shape index (κ1) is 11.1. The maximum absolute atomic E-state index is 10.8. The summed E-state index contributed by atoms with van der Waals surface area (Å²) in [7, 11) is -2.79. The Bertz CT molecular complexity index is 293. The summed E-state index contributed by atoms with van der Waals surface area (Å²) >= 11 is 5.88. The highest BCUT2D eigenvalue weighted by Crippen LogP contribution is 2.25. The highest BCUT2D eigenvalue weighted by Gasteiger charge is 2.13. The lowest BCUT2D eigenvalue weighted by atomic mass is 10.1. The van der Waals surface area contributed by atoms with E-state index in [-0.39, 0.29) is 11.1 Å². The first-order valence-corrected chi connectivity index (χ1v) is 6.98. The average Bonchev–Trinajstić information content (AvgIpc) is 2.33. The summed E-state index contributed by atoms with van der Waals surface area (Å²) in [5.74, 6) is 0.289. The third-order valence-corrected chi connectivity index (χ3v) is 3.55. The third-order valence-electron chi connectivity index (χ3n) is 2.17. The van der Waals surface area contributed by atoms with Gasteiger partial charge in [-0.2, -0.15) is 0 Å². The van der Waals surface area contributed by atoms with Crippen LogP contribution in [-0.4, -0.2) is 25.8 Å². The molecule has 0 aromatic heterocycles. The summed E-state index contributed by atoms with van der Waals surface area (Å²) in [5, 5.41) is 0.174. The van der Waals surface area contributed by atoms with Gasteiger partial charge in [-0.05, 0) is 25.7 Å². The largest absolute Gasteiger partial charge is 0.229 e. The van der Waals surface area contributed by atoms with Crippen LogP contribution in [0.4, 0.5) is 0 Å². The van der Waals surface area contributed by atoms with Gasteiger partial charge in [0.25, 0.3) is 0 Å². The predicted molar refractivity (Wildman–Crippen MR) is 55.9 cm³/mol. The van der Waals surface area contributed by atoms with Crippen LogP contribution in [-0.2, 0) is 9.84 Å². The first-order valence-electron chi connectivity index (χ1n) is 4.49. The fourth-order valence-corrected chi connectivity index (χ4v) is 2.47. The van der Waals surface area contributed by atoms with Crippen molar-refractivity contribution in [2.75, 3.05) is 12.0 Å². The first-order chi connectivity index (χ1) is 5.97. The van der Waals surface area contributed by atoms with Crippen molar-refractivity contribution < 1.29 is 8.42 Å². The maximum atomic E-state index is 10.8. The topological polar surface area (TPSA) is 34.1 Å². The molecule has 0 N–H and O–H groups in total. The van der Waals surface area contributed by atoms with E-state index in [9.17, 15) is 8.42 Å². The van der Waals surface area contributed by atoms with Crippen molar-refractivity contribution in [1.29, 1.82) is 0 Å². The molecule has 2 nitrogen and oxygen atoms in total. The molecule has 0 bridgehead atoms. The Labute approximate surface area is 84.9 Å². The van der Waals surface area contributed by atoms with Gasteiger partial charge in [0.1, 0.15) is 9.84 Å². The van der Waals surface area contributed by atoms with Crippen LogP contribution >= 0.6 is 11.6 Å².